The molecular weight excluding hydrogens is 468 g/mol. The SMILES string of the molecule is O=P(O)(O)O[C@@H]1[C@@H](OP(=O)(O)O)[C@H](OP(=O)(O)O)C[C@H](O)[C@H]1OP(=O)(O)O. The van der Waals surface area contributed by atoms with E-state index >= 15 is 0 Å². The molecule has 0 spiro atoms. The Labute approximate surface area is 149 Å². The van der Waals surface area contributed by atoms with Crippen LogP contribution in [0, 0.1) is 0 Å². The summed E-state index contributed by atoms with van der Waals surface area (Å²) in [7, 11) is -21.9. The minimum atomic E-state index is -5.57. The van der Waals surface area contributed by atoms with Crippen LogP contribution >= 0.6 is 31.3 Å². The molecule has 1 rings (SSSR count). The summed E-state index contributed by atoms with van der Waals surface area (Å²) < 4.78 is 60.9. The van der Waals surface area contributed by atoms with Crippen LogP contribution in [0.15, 0.2) is 0 Å². The Morgan fingerprint density at radius 1 is 0.556 bits per heavy atom. The molecule has 0 saturated heterocycles. The molecule has 21 heteroatoms. The molecule has 1 saturated carbocycles. The first-order valence-corrected chi connectivity index (χ1v) is 12.5. The number of aliphatic hydroxyl groups is 1. The first kappa shape index (κ1) is 25.4. The van der Waals surface area contributed by atoms with Crippen LogP contribution in [0.25, 0.3) is 0 Å². The van der Waals surface area contributed by atoms with Gasteiger partial charge in [-0.1, -0.05) is 0 Å². The van der Waals surface area contributed by atoms with E-state index in [0.717, 1.165) is 0 Å². The van der Waals surface area contributed by atoms with E-state index < -0.39 is 68.2 Å². The number of hydrogen-bond acceptors (Lipinski definition) is 9. The van der Waals surface area contributed by atoms with Gasteiger partial charge in [-0.25, -0.2) is 18.3 Å². The maximum absolute atomic E-state index is 11.1. The van der Waals surface area contributed by atoms with Gasteiger partial charge < -0.3 is 44.3 Å². The largest absolute Gasteiger partial charge is 0.470 e. The van der Waals surface area contributed by atoms with E-state index in [2.05, 4.69) is 18.1 Å². The molecule has 162 valence electrons. The molecule has 5 atom stereocenters. The predicted molar refractivity (Wildman–Crippen MR) is 78.3 cm³/mol. The smallest absolute Gasteiger partial charge is 0.390 e. The van der Waals surface area contributed by atoms with Crippen molar-refractivity contribution in [1.29, 1.82) is 0 Å². The molecule has 0 aromatic heterocycles. The lowest BCUT2D eigenvalue weighted by Crippen LogP contribution is -2.58. The van der Waals surface area contributed by atoms with Gasteiger partial charge >= 0.3 is 31.3 Å². The Balaban J connectivity index is 3.41. The van der Waals surface area contributed by atoms with Crippen LogP contribution in [0.4, 0.5) is 0 Å². The number of rotatable bonds is 8. The van der Waals surface area contributed by atoms with Crippen molar-refractivity contribution in [2.75, 3.05) is 0 Å². The number of phosphoric acid groups is 4. The fourth-order valence-corrected chi connectivity index (χ4v) is 4.52. The molecule has 0 bridgehead atoms. The van der Waals surface area contributed by atoms with Crippen molar-refractivity contribution in [3.63, 3.8) is 0 Å². The van der Waals surface area contributed by atoms with Crippen molar-refractivity contribution < 1.29 is 80.6 Å². The zero-order valence-electron chi connectivity index (χ0n) is 12.7. The number of hydrogen-bond donors (Lipinski definition) is 9. The summed E-state index contributed by atoms with van der Waals surface area (Å²) in [6, 6.07) is 0. The van der Waals surface area contributed by atoms with Crippen LogP contribution in [0.2, 0.25) is 0 Å². The van der Waals surface area contributed by atoms with Crippen molar-refractivity contribution in [3.8, 4) is 0 Å². The first-order chi connectivity index (χ1) is 11.8. The van der Waals surface area contributed by atoms with Crippen molar-refractivity contribution in [3.05, 3.63) is 0 Å². The summed E-state index contributed by atoms with van der Waals surface area (Å²) in [4.78, 5) is 71.1. The molecule has 0 aliphatic heterocycles. The lowest BCUT2D eigenvalue weighted by atomic mass is 9.87. The van der Waals surface area contributed by atoms with E-state index in [1.165, 1.54) is 0 Å². The molecule has 0 heterocycles. The highest BCUT2D eigenvalue weighted by Gasteiger charge is 2.54. The Kier molecular flexibility index (Phi) is 8.14. The van der Waals surface area contributed by atoms with Gasteiger partial charge in [0.1, 0.15) is 24.4 Å². The third kappa shape index (κ3) is 9.63. The molecule has 0 amide bonds. The zero-order valence-corrected chi connectivity index (χ0v) is 16.3. The van der Waals surface area contributed by atoms with Crippen molar-refractivity contribution in [2.45, 2.75) is 36.9 Å². The lowest BCUT2D eigenvalue weighted by molar-refractivity contribution is -0.161. The van der Waals surface area contributed by atoms with Gasteiger partial charge in [-0.15, -0.1) is 0 Å². The first-order valence-electron chi connectivity index (χ1n) is 6.41. The van der Waals surface area contributed by atoms with Crippen LogP contribution in [0.5, 0.6) is 0 Å². The van der Waals surface area contributed by atoms with Gasteiger partial charge in [0.25, 0.3) is 0 Å². The predicted octanol–water partition coefficient (Wildman–Crippen LogP) is -2.34. The molecule has 0 unspecified atom stereocenters. The molecule has 0 aromatic rings. The summed E-state index contributed by atoms with van der Waals surface area (Å²) in [6.45, 7) is 0. The minimum absolute atomic E-state index is 0.985. The molecule has 0 radical (unpaired) electrons. The second-order valence-corrected chi connectivity index (χ2v) is 9.89. The third-order valence-corrected chi connectivity index (χ3v) is 5.02. The standard InChI is InChI=1S/C6H16O17P4/c7-2-1-3(20-24(8,9)10)5(22-26(14,15)16)6(23-27(17,18)19)4(2)21-25(11,12)13/h2-7H,1H2,(H2,8,9,10)(H2,11,12,13)(H2,14,15,16)(H2,17,18,19)/t2-,3+,4+,5-,6-/m0/s1. The third-order valence-electron chi connectivity index (χ3n) is 2.92. The van der Waals surface area contributed by atoms with Gasteiger partial charge in [0.05, 0.1) is 6.10 Å². The Morgan fingerprint density at radius 3 is 1.26 bits per heavy atom. The van der Waals surface area contributed by atoms with Crippen LogP contribution in [-0.2, 0) is 36.4 Å². The average molecular weight is 484 g/mol. The number of aliphatic hydroxyl groups excluding tert-OH is 1. The topological polar surface area (TPSA) is 287 Å². The van der Waals surface area contributed by atoms with Crippen LogP contribution < -0.4 is 0 Å². The van der Waals surface area contributed by atoms with Gasteiger partial charge in [0.15, 0.2) is 0 Å². The van der Waals surface area contributed by atoms with Crippen LogP contribution in [0.3, 0.4) is 0 Å². The molecule has 9 N–H and O–H groups in total. The maximum atomic E-state index is 11.1. The van der Waals surface area contributed by atoms with Gasteiger partial charge in [0, 0.05) is 6.42 Å². The van der Waals surface area contributed by atoms with Crippen molar-refractivity contribution in [2.24, 2.45) is 0 Å². The van der Waals surface area contributed by atoms with Gasteiger partial charge in [-0.3, -0.25) is 18.1 Å². The molecule has 1 aliphatic carbocycles. The highest BCUT2D eigenvalue weighted by Crippen LogP contribution is 2.52. The maximum Gasteiger partial charge on any atom is 0.470 e. The van der Waals surface area contributed by atoms with Crippen LogP contribution in [0.1, 0.15) is 6.42 Å². The summed E-state index contributed by atoms with van der Waals surface area (Å²) in [5, 5.41) is 9.90. The minimum Gasteiger partial charge on any atom is -0.390 e. The van der Waals surface area contributed by atoms with E-state index in [9.17, 15) is 23.4 Å². The molecule has 1 aliphatic rings. The highest BCUT2D eigenvalue weighted by atomic mass is 31.2. The van der Waals surface area contributed by atoms with E-state index in [1.807, 2.05) is 0 Å². The Hall–Kier alpha value is 0.400. The fourth-order valence-electron chi connectivity index (χ4n) is 2.26. The molecular formula is C6H16O17P4. The summed E-state index contributed by atoms with van der Waals surface area (Å²) in [6.07, 6.45) is -12.6. The molecule has 17 nitrogen and oxygen atoms in total. The molecule has 0 aromatic carbocycles. The quantitative estimate of drug-likeness (QED) is 0.163. The van der Waals surface area contributed by atoms with Crippen molar-refractivity contribution in [1.82, 2.24) is 0 Å². The Bertz CT molecular complexity index is 696. The summed E-state index contributed by atoms with van der Waals surface area (Å²) in [5.74, 6) is 0. The summed E-state index contributed by atoms with van der Waals surface area (Å²) in [5.41, 5.74) is 0. The van der Waals surface area contributed by atoms with Gasteiger partial charge in [-0.05, 0) is 0 Å². The van der Waals surface area contributed by atoms with Gasteiger partial charge in [-0.2, -0.15) is 0 Å². The van der Waals surface area contributed by atoms with E-state index in [-0.39, 0.29) is 0 Å². The van der Waals surface area contributed by atoms with Gasteiger partial charge in [0.2, 0.25) is 0 Å². The van der Waals surface area contributed by atoms with E-state index in [1.54, 1.807) is 0 Å². The zero-order chi connectivity index (χ0) is 21.4. The van der Waals surface area contributed by atoms with Crippen LogP contribution in [-0.4, -0.2) is 74.8 Å². The van der Waals surface area contributed by atoms with Crippen molar-refractivity contribution >= 4 is 31.3 Å². The second-order valence-electron chi connectivity index (χ2n) is 5.12. The second kappa shape index (κ2) is 8.64. The lowest BCUT2D eigenvalue weighted by Gasteiger charge is -2.43. The fraction of sp³-hybridized carbons (Fsp3) is 1.00. The monoisotopic (exact) mass is 484 g/mol. The van der Waals surface area contributed by atoms with E-state index in [0.29, 0.717) is 0 Å². The summed E-state index contributed by atoms with van der Waals surface area (Å²) >= 11 is 0. The molecule has 1 fully saturated rings. The average Bonchev–Trinajstić information content (AvgIpc) is 2.32. The highest BCUT2D eigenvalue weighted by molar-refractivity contribution is 7.47. The molecule has 27 heavy (non-hydrogen) atoms. The van der Waals surface area contributed by atoms with E-state index in [4.69, 9.17) is 39.1 Å². The number of phosphoric ester groups is 4. The Morgan fingerprint density at radius 2 is 0.889 bits per heavy atom. The normalized spacial score (nSPS) is 31.1.